The zero-order valence-electron chi connectivity index (χ0n) is 8.99. The summed E-state index contributed by atoms with van der Waals surface area (Å²) in [5.41, 5.74) is 1.28. The molecule has 1 aliphatic heterocycles. The summed E-state index contributed by atoms with van der Waals surface area (Å²) < 4.78 is 0. The second-order valence-corrected chi connectivity index (χ2v) is 4.80. The maximum Gasteiger partial charge on any atom is 0.129 e. The Kier molecular flexibility index (Phi) is 3.54. The van der Waals surface area contributed by atoms with Crippen LogP contribution in [0.15, 0.2) is 23.1 Å². The minimum absolute atomic E-state index is 0.429. The Hall–Kier alpha value is -0.670. The van der Waals surface area contributed by atoms with Gasteiger partial charge in [0, 0.05) is 4.90 Å². The quantitative estimate of drug-likeness (QED) is 0.756. The summed E-state index contributed by atoms with van der Waals surface area (Å²) >= 11 is 1.59. The van der Waals surface area contributed by atoms with Crippen LogP contribution in [-0.2, 0) is 0 Å². The van der Waals surface area contributed by atoms with E-state index in [9.17, 15) is 5.11 Å². The van der Waals surface area contributed by atoms with Crippen LogP contribution in [0.1, 0.15) is 24.3 Å². The molecule has 0 saturated carbocycles. The van der Waals surface area contributed by atoms with Crippen molar-refractivity contribution in [3.8, 4) is 5.75 Å². The van der Waals surface area contributed by atoms with E-state index in [1.807, 2.05) is 18.4 Å². The molecule has 0 aliphatic carbocycles. The van der Waals surface area contributed by atoms with Crippen molar-refractivity contribution in [2.24, 2.45) is 0 Å². The molecule has 1 aromatic carbocycles. The third kappa shape index (κ3) is 2.47. The number of phenols is 1. The Morgan fingerprint density at radius 1 is 1.33 bits per heavy atom. The summed E-state index contributed by atoms with van der Waals surface area (Å²) in [6.07, 6.45) is 4.34. The molecule has 2 nitrogen and oxygen atoms in total. The summed E-state index contributed by atoms with van der Waals surface area (Å²) in [5.74, 6) is 1.05. The van der Waals surface area contributed by atoms with Crippen molar-refractivity contribution in [2.45, 2.75) is 23.7 Å². The molecule has 2 rings (SSSR count). The van der Waals surface area contributed by atoms with Crippen LogP contribution in [0.5, 0.6) is 5.75 Å². The van der Waals surface area contributed by atoms with Gasteiger partial charge in [0.05, 0.1) is 0 Å². The van der Waals surface area contributed by atoms with Crippen molar-refractivity contribution in [2.75, 3.05) is 19.3 Å². The lowest BCUT2D eigenvalue weighted by Crippen LogP contribution is -2.26. The summed E-state index contributed by atoms with van der Waals surface area (Å²) in [4.78, 5) is 0.965. The van der Waals surface area contributed by atoms with Crippen molar-refractivity contribution in [1.82, 2.24) is 5.32 Å². The van der Waals surface area contributed by atoms with Crippen LogP contribution in [0, 0.1) is 0 Å². The van der Waals surface area contributed by atoms with Gasteiger partial charge < -0.3 is 10.4 Å². The maximum absolute atomic E-state index is 9.79. The average Bonchev–Trinajstić information content (AvgIpc) is 2.30. The van der Waals surface area contributed by atoms with Crippen molar-refractivity contribution in [3.63, 3.8) is 0 Å². The van der Waals surface area contributed by atoms with E-state index in [-0.39, 0.29) is 0 Å². The van der Waals surface area contributed by atoms with Crippen LogP contribution in [0.3, 0.4) is 0 Å². The molecular formula is C12H17NOS. The largest absolute Gasteiger partial charge is 0.507 e. The smallest absolute Gasteiger partial charge is 0.129 e. The number of nitrogens with one attached hydrogen (secondary N) is 1. The molecule has 3 heteroatoms. The molecule has 0 radical (unpaired) electrons. The van der Waals surface area contributed by atoms with E-state index in [4.69, 9.17) is 0 Å². The molecular weight excluding hydrogens is 206 g/mol. The first-order chi connectivity index (χ1) is 7.31. The Bertz CT molecular complexity index is 334. The number of hydrogen-bond acceptors (Lipinski definition) is 3. The fourth-order valence-electron chi connectivity index (χ4n) is 2.12. The summed E-state index contributed by atoms with van der Waals surface area (Å²) in [7, 11) is 0. The second kappa shape index (κ2) is 4.90. The molecule has 0 unspecified atom stereocenters. The molecule has 2 N–H and O–H groups in total. The van der Waals surface area contributed by atoms with Crippen LogP contribution in [0.25, 0.3) is 0 Å². The molecule has 1 fully saturated rings. The highest BCUT2D eigenvalue weighted by Crippen LogP contribution is 2.32. The number of thioether (sulfide) groups is 1. The molecule has 0 aromatic heterocycles. The highest BCUT2D eigenvalue weighted by atomic mass is 32.2. The lowest BCUT2D eigenvalue weighted by Gasteiger charge is -2.23. The maximum atomic E-state index is 9.79. The first-order valence-electron chi connectivity index (χ1n) is 5.39. The van der Waals surface area contributed by atoms with E-state index in [1.54, 1.807) is 11.8 Å². The Morgan fingerprint density at radius 3 is 2.67 bits per heavy atom. The Labute approximate surface area is 95.1 Å². The van der Waals surface area contributed by atoms with Gasteiger partial charge in [-0.2, -0.15) is 0 Å². The van der Waals surface area contributed by atoms with E-state index in [0.29, 0.717) is 11.7 Å². The van der Waals surface area contributed by atoms with E-state index in [0.717, 1.165) is 18.0 Å². The van der Waals surface area contributed by atoms with E-state index in [1.165, 1.54) is 18.4 Å². The van der Waals surface area contributed by atoms with Crippen LogP contribution < -0.4 is 5.32 Å². The minimum Gasteiger partial charge on any atom is -0.507 e. The number of aromatic hydroxyl groups is 1. The summed E-state index contributed by atoms with van der Waals surface area (Å²) in [6.45, 7) is 2.19. The van der Waals surface area contributed by atoms with Gasteiger partial charge in [0.15, 0.2) is 0 Å². The first-order valence-corrected chi connectivity index (χ1v) is 6.61. The molecule has 1 aliphatic rings. The summed E-state index contributed by atoms with van der Waals surface area (Å²) in [5, 5.41) is 13.1. The average molecular weight is 223 g/mol. The van der Waals surface area contributed by atoms with Crippen molar-refractivity contribution < 1.29 is 5.11 Å². The molecule has 0 spiro atoms. The third-order valence-corrected chi connectivity index (χ3v) is 3.80. The lowest BCUT2D eigenvalue weighted by atomic mass is 9.90. The van der Waals surface area contributed by atoms with Gasteiger partial charge in [0.1, 0.15) is 5.75 Å². The molecule has 1 heterocycles. The minimum atomic E-state index is 0.429. The molecule has 1 aromatic rings. The topological polar surface area (TPSA) is 32.3 Å². The summed E-state index contributed by atoms with van der Waals surface area (Å²) in [6, 6.07) is 6.11. The normalized spacial score (nSPS) is 17.9. The SMILES string of the molecule is CSc1ccc(C2CCNCC2)cc1O. The van der Waals surface area contributed by atoms with Crippen molar-refractivity contribution >= 4 is 11.8 Å². The standard InChI is InChI=1S/C12H17NOS/c1-15-12-3-2-10(8-11(12)14)9-4-6-13-7-5-9/h2-3,8-9,13-14H,4-7H2,1H3. The van der Waals surface area contributed by atoms with Gasteiger partial charge in [-0.25, -0.2) is 0 Å². The second-order valence-electron chi connectivity index (χ2n) is 3.96. The van der Waals surface area contributed by atoms with Crippen LogP contribution in [0.2, 0.25) is 0 Å². The van der Waals surface area contributed by atoms with Gasteiger partial charge in [-0.1, -0.05) is 6.07 Å². The van der Waals surface area contributed by atoms with Gasteiger partial charge in [0.2, 0.25) is 0 Å². The van der Waals surface area contributed by atoms with Gasteiger partial charge in [0.25, 0.3) is 0 Å². The van der Waals surface area contributed by atoms with Crippen molar-refractivity contribution in [3.05, 3.63) is 23.8 Å². The predicted octanol–water partition coefficient (Wildman–Crippen LogP) is 2.58. The van der Waals surface area contributed by atoms with Gasteiger partial charge >= 0.3 is 0 Å². The van der Waals surface area contributed by atoms with Gasteiger partial charge in [-0.15, -0.1) is 11.8 Å². The molecule has 15 heavy (non-hydrogen) atoms. The molecule has 0 amide bonds. The fourth-order valence-corrected chi connectivity index (χ4v) is 2.59. The van der Waals surface area contributed by atoms with Crippen molar-refractivity contribution in [1.29, 1.82) is 0 Å². The van der Waals surface area contributed by atoms with Crippen LogP contribution in [-0.4, -0.2) is 24.5 Å². The van der Waals surface area contributed by atoms with Crippen LogP contribution in [0.4, 0.5) is 0 Å². The highest BCUT2D eigenvalue weighted by molar-refractivity contribution is 7.98. The molecule has 1 saturated heterocycles. The van der Waals surface area contributed by atoms with Gasteiger partial charge in [-0.3, -0.25) is 0 Å². The Morgan fingerprint density at radius 2 is 2.07 bits per heavy atom. The zero-order valence-corrected chi connectivity index (χ0v) is 9.81. The Balaban J connectivity index is 2.17. The fraction of sp³-hybridized carbons (Fsp3) is 0.500. The molecule has 0 atom stereocenters. The van der Waals surface area contributed by atoms with Gasteiger partial charge in [-0.05, 0) is 55.8 Å². The first kappa shape index (κ1) is 10.8. The van der Waals surface area contributed by atoms with Crippen LogP contribution >= 0.6 is 11.8 Å². The number of hydrogen-bond donors (Lipinski definition) is 2. The third-order valence-electron chi connectivity index (χ3n) is 3.01. The number of rotatable bonds is 2. The molecule has 0 bridgehead atoms. The number of phenolic OH excluding ortho intramolecular Hbond substituents is 1. The number of piperidine rings is 1. The molecule has 82 valence electrons. The lowest BCUT2D eigenvalue weighted by molar-refractivity contribution is 0.446. The highest BCUT2D eigenvalue weighted by Gasteiger charge is 2.15. The van der Waals surface area contributed by atoms with E-state index >= 15 is 0 Å². The predicted molar refractivity (Wildman–Crippen MR) is 64.7 cm³/mol. The monoisotopic (exact) mass is 223 g/mol. The zero-order chi connectivity index (χ0) is 10.7. The van der Waals surface area contributed by atoms with E-state index < -0.39 is 0 Å². The number of benzene rings is 1. The van der Waals surface area contributed by atoms with E-state index in [2.05, 4.69) is 11.4 Å².